The zero-order valence-corrected chi connectivity index (χ0v) is 22.6. The molecule has 0 aliphatic carbocycles. The molecule has 0 radical (unpaired) electrons. The number of thioether (sulfide) groups is 1. The molecule has 2 aliphatic rings. The molecule has 1 aromatic carbocycles. The number of nitrogens with one attached hydrogen (secondary N) is 1. The second-order valence-electron chi connectivity index (χ2n) is 10.3. The van der Waals surface area contributed by atoms with Gasteiger partial charge < -0.3 is 15.3 Å². The van der Waals surface area contributed by atoms with E-state index in [9.17, 15) is 14.7 Å². The number of aliphatic hydroxyl groups excluding tert-OH is 1. The molecule has 3 heterocycles. The van der Waals surface area contributed by atoms with Gasteiger partial charge in [-0.3, -0.25) is 14.6 Å². The van der Waals surface area contributed by atoms with E-state index in [4.69, 9.17) is 0 Å². The number of nitrogens with zero attached hydrogens (tertiary/aromatic N) is 3. The minimum absolute atomic E-state index is 0.0295. The van der Waals surface area contributed by atoms with Gasteiger partial charge in [0.2, 0.25) is 11.8 Å². The molecule has 0 spiro atoms. The largest absolute Gasteiger partial charge is 0.391 e. The van der Waals surface area contributed by atoms with E-state index in [0.717, 1.165) is 26.7 Å². The molecule has 2 N–H and O–H groups in total. The summed E-state index contributed by atoms with van der Waals surface area (Å²) in [6.45, 7) is 11.5. The fourth-order valence-corrected chi connectivity index (χ4v) is 6.73. The zero-order valence-electron chi connectivity index (χ0n) is 20.9. The number of likely N-dealkylation sites (tertiary alicyclic amines) is 1. The van der Waals surface area contributed by atoms with Gasteiger partial charge in [0.25, 0.3) is 0 Å². The van der Waals surface area contributed by atoms with Gasteiger partial charge in [0.1, 0.15) is 6.04 Å². The summed E-state index contributed by atoms with van der Waals surface area (Å²) in [5, 5.41) is 14.2. The number of hydrogen-bond acceptors (Lipinski definition) is 7. The number of aromatic nitrogens is 1. The fourth-order valence-electron chi connectivity index (χ4n) is 4.60. The summed E-state index contributed by atoms with van der Waals surface area (Å²) >= 11 is 3.25. The van der Waals surface area contributed by atoms with E-state index in [0.29, 0.717) is 13.1 Å². The van der Waals surface area contributed by atoms with E-state index in [1.165, 1.54) is 0 Å². The predicted octanol–water partition coefficient (Wildman–Crippen LogP) is 3.89. The van der Waals surface area contributed by atoms with Gasteiger partial charge >= 0.3 is 0 Å². The lowest BCUT2D eigenvalue weighted by Crippen LogP contribution is -2.49. The van der Waals surface area contributed by atoms with E-state index in [-0.39, 0.29) is 35.4 Å². The van der Waals surface area contributed by atoms with Gasteiger partial charge in [0.15, 0.2) is 0 Å². The molecule has 0 saturated carbocycles. The van der Waals surface area contributed by atoms with Crippen molar-refractivity contribution >= 4 is 40.0 Å². The average Bonchev–Trinajstić information content (AvgIpc) is 3.50. The molecular formula is C26H34N4O3S2. The first-order chi connectivity index (χ1) is 16.6. The first-order valence-corrected chi connectivity index (χ1v) is 13.7. The lowest BCUT2D eigenvalue weighted by Gasteiger charge is -2.30. The molecule has 3 atom stereocenters. The monoisotopic (exact) mass is 514 g/mol. The maximum absolute atomic E-state index is 13.6. The van der Waals surface area contributed by atoms with Crippen molar-refractivity contribution in [3.63, 3.8) is 0 Å². The van der Waals surface area contributed by atoms with Gasteiger partial charge in [0.05, 0.1) is 39.7 Å². The van der Waals surface area contributed by atoms with Crippen molar-refractivity contribution < 1.29 is 14.7 Å². The Balaban J connectivity index is 1.42. The van der Waals surface area contributed by atoms with Crippen molar-refractivity contribution in [3.05, 3.63) is 41.0 Å². The highest BCUT2D eigenvalue weighted by Crippen LogP contribution is 2.38. The summed E-state index contributed by atoms with van der Waals surface area (Å²) in [5.74, 6) is -0.707. The Bertz CT molecular complexity index is 1110. The van der Waals surface area contributed by atoms with E-state index < -0.39 is 18.1 Å². The van der Waals surface area contributed by atoms with Crippen molar-refractivity contribution in [3.8, 4) is 10.4 Å². The highest BCUT2D eigenvalue weighted by atomic mass is 32.2. The topological polar surface area (TPSA) is 94.9 Å². The van der Waals surface area contributed by atoms with Crippen LogP contribution in [0.2, 0.25) is 0 Å². The van der Waals surface area contributed by atoms with Crippen LogP contribution >= 0.6 is 23.1 Å². The molecule has 2 aliphatic heterocycles. The molecule has 188 valence electrons. The minimum Gasteiger partial charge on any atom is -0.391 e. The number of carbonyl (C=O) groups is 2. The van der Waals surface area contributed by atoms with Gasteiger partial charge in [-0.05, 0) is 37.8 Å². The Labute approximate surface area is 215 Å². The third kappa shape index (κ3) is 5.78. The number of aliphatic hydroxyl groups is 1. The maximum atomic E-state index is 13.6. The smallest absolute Gasteiger partial charge is 0.243 e. The molecule has 9 heteroatoms. The standard InChI is InChI=1S/C26H34N4O3S2/c1-15(2)21(24-28-13-26(4,5)35-24)25(33)30-12-19(31)10-20(30)23(32)27-11-17-6-8-18(9-7-17)22-16(3)29-14-34-22/h6-9,14-15,19-21,31H,10-13H2,1-5H3,(H,27,32)/t19-,20+,21-/m1/s1. The SMILES string of the molecule is Cc1ncsc1-c1ccc(CNC(=O)[C@@H]2C[C@@H](O)CN2C(=O)[C@@H](C2=NCC(C)(C)S2)C(C)C)cc1. The van der Waals surface area contributed by atoms with Crippen molar-refractivity contribution in [2.75, 3.05) is 13.1 Å². The van der Waals surface area contributed by atoms with E-state index in [2.05, 4.69) is 29.1 Å². The summed E-state index contributed by atoms with van der Waals surface area (Å²) in [7, 11) is 0. The number of benzene rings is 1. The number of hydrogen-bond donors (Lipinski definition) is 2. The van der Waals surface area contributed by atoms with Crippen LogP contribution < -0.4 is 5.32 Å². The molecule has 2 aromatic rings. The fraction of sp³-hybridized carbons (Fsp3) is 0.538. The second kappa shape index (κ2) is 10.4. The number of carbonyl (C=O) groups excluding carboxylic acids is 2. The Hall–Kier alpha value is -2.23. The highest BCUT2D eigenvalue weighted by Gasteiger charge is 2.44. The van der Waals surface area contributed by atoms with Crippen molar-refractivity contribution in [2.24, 2.45) is 16.8 Å². The van der Waals surface area contributed by atoms with Gasteiger partial charge in [-0.2, -0.15) is 0 Å². The van der Waals surface area contributed by atoms with Crippen LogP contribution in [0.4, 0.5) is 0 Å². The summed E-state index contributed by atoms with van der Waals surface area (Å²) in [4.78, 5) is 38.4. The Morgan fingerprint density at radius 2 is 1.97 bits per heavy atom. The van der Waals surface area contributed by atoms with Crippen molar-refractivity contribution in [2.45, 2.75) is 64.5 Å². The highest BCUT2D eigenvalue weighted by molar-refractivity contribution is 8.15. The summed E-state index contributed by atoms with van der Waals surface area (Å²) in [5.41, 5.74) is 4.92. The molecule has 7 nitrogen and oxygen atoms in total. The summed E-state index contributed by atoms with van der Waals surface area (Å²) in [6.07, 6.45) is -0.462. The molecule has 0 unspecified atom stereocenters. The van der Waals surface area contributed by atoms with Gasteiger partial charge in [0, 0.05) is 24.3 Å². The Kier molecular flexibility index (Phi) is 7.68. The first-order valence-electron chi connectivity index (χ1n) is 12.0. The molecule has 35 heavy (non-hydrogen) atoms. The van der Waals surface area contributed by atoms with Crippen LogP contribution in [0.15, 0.2) is 34.8 Å². The lowest BCUT2D eigenvalue weighted by atomic mass is 9.94. The number of β-amino-alcohol motifs (C(OH)–C–C–N with tert-alkyl or cyclic N) is 1. The molecule has 0 bridgehead atoms. The number of thiazole rings is 1. The van der Waals surface area contributed by atoms with E-state index in [1.54, 1.807) is 28.0 Å². The molecule has 1 aromatic heterocycles. The minimum atomic E-state index is -0.709. The number of aryl methyl sites for hydroxylation is 1. The number of aliphatic imine (C=N–C) groups is 1. The van der Waals surface area contributed by atoms with Crippen molar-refractivity contribution in [1.29, 1.82) is 0 Å². The van der Waals surface area contributed by atoms with E-state index >= 15 is 0 Å². The van der Waals surface area contributed by atoms with E-state index in [1.807, 2.05) is 50.5 Å². The third-order valence-electron chi connectivity index (χ3n) is 6.49. The van der Waals surface area contributed by atoms with Crippen LogP contribution in [0.1, 0.15) is 45.4 Å². The maximum Gasteiger partial charge on any atom is 0.243 e. The third-order valence-corrected chi connectivity index (χ3v) is 8.74. The van der Waals surface area contributed by atoms with Gasteiger partial charge in [-0.15, -0.1) is 23.1 Å². The first kappa shape index (κ1) is 25.9. The second-order valence-corrected chi connectivity index (χ2v) is 12.9. The van der Waals surface area contributed by atoms with Crippen LogP contribution in [0.5, 0.6) is 0 Å². The van der Waals surface area contributed by atoms with Crippen molar-refractivity contribution in [1.82, 2.24) is 15.2 Å². The predicted molar refractivity (Wildman–Crippen MR) is 143 cm³/mol. The molecule has 2 amide bonds. The van der Waals surface area contributed by atoms with Crippen LogP contribution in [0, 0.1) is 18.8 Å². The zero-order chi connectivity index (χ0) is 25.3. The molecular weight excluding hydrogens is 480 g/mol. The lowest BCUT2D eigenvalue weighted by molar-refractivity contribution is -0.140. The quantitative estimate of drug-likeness (QED) is 0.585. The Morgan fingerprint density at radius 1 is 1.26 bits per heavy atom. The van der Waals surface area contributed by atoms with Gasteiger partial charge in [-0.25, -0.2) is 4.98 Å². The molecule has 1 fully saturated rings. The molecule has 4 rings (SSSR count). The van der Waals surface area contributed by atoms with Crippen LogP contribution in [-0.4, -0.2) is 61.8 Å². The average molecular weight is 515 g/mol. The van der Waals surface area contributed by atoms with Crippen LogP contribution in [0.25, 0.3) is 10.4 Å². The Morgan fingerprint density at radius 3 is 2.54 bits per heavy atom. The summed E-state index contributed by atoms with van der Waals surface area (Å²) in [6, 6.07) is 7.37. The van der Waals surface area contributed by atoms with Gasteiger partial charge in [-0.1, -0.05) is 38.1 Å². The summed E-state index contributed by atoms with van der Waals surface area (Å²) < 4.78 is -0.0295. The number of amides is 2. The number of rotatable bonds is 7. The van der Waals surface area contributed by atoms with Crippen LogP contribution in [0.3, 0.4) is 0 Å². The normalized spacial score (nSPS) is 22.4. The molecule has 1 saturated heterocycles. The van der Waals surface area contributed by atoms with Crippen LogP contribution in [-0.2, 0) is 16.1 Å².